The van der Waals surface area contributed by atoms with Crippen LogP contribution in [0.2, 0.25) is 0 Å². The topological polar surface area (TPSA) is 99.3 Å². The predicted octanol–water partition coefficient (Wildman–Crippen LogP) is 5.22. The summed E-state index contributed by atoms with van der Waals surface area (Å²) in [5, 5.41) is 8.77. The van der Waals surface area contributed by atoms with Gasteiger partial charge >= 0.3 is 0 Å². The van der Waals surface area contributed by atoms with Crippen molar-refractivity contribution in [3.8, 4) is 33.8 Å². The molecule has 1 aliphatic rings. The van der Waals surface area contributed by atoms with Crippen molar-refractivity contribution in [3.05, 3.63) is 79.1 Å². The summed E-state index contributed by atoms with van der Waals surface area (Å²) in [6.07, 6.45) is 13.7. The molecule has 1 aliphatic heterocycles. The van der Waals surface area contributed by atoms with Crippen molar-refractivity contribution in [2.24, 2.45) is 0 Å². The van der Waals surface area contributed by atoms with Crippen LogP contribution in [0, 0.1) is 0 Å². The molecule has 8 nitrogen and oxygen atoms in total. The summed E-state index contributed by atoms with van der Waals surface area (Å²) in [4.78, 5) is 24.0. The summed E-state index contributed by atoms with van der Waals surface area (Å²) in [6, 6.07) is 12.5. The molecule has 0 aliphatic carbocycles. The lowest BCUT2D eigenvalue weighted by molar-refractivity contribution is 0.331. The number of rotatable bonds is 5. The summed E-state index contributed by atoms with van der Waals surface area (Å²) in [5.41, 5.74) is 8.81. The fraction of sp³-hybridized carbons (Fsp3) is 0.179. The minimum atomic E-state index is 0.701. The number of nitrogens with zero attached hydrogens (tertiary/aromatic N) is 6. The third-order valence-corrected chi connectivity index (χ3v) is 6.89. The summed E-state index contributed by atoms with van der Waals surface area (Å²) in [5.74, 6) is 0.701. The molecular weight excluding hydrogens is 448 g/mol. The van der Waals surface area contributed by atoms with Crippen LogP contribution in [0.15, 0.2) is 73.6 Å². The molecule has 0 atom stereocenters. The van der Waals surface area contributed by atoms with E-state index < -0.39 is 0 Å². The Labute approximate surface area is 207 Å². The van der Waals surface area contributed by atoms with E-state index in [2.05, 4.69) is 59.3 Å². The van der Waals surface area contributed by atoms with E-state index in [0.29, 0.717) is 5.82 Å². The van der Waals surface area contributed by atoms with Crippen LogP contribution in [0.25, 0.3) is 55.7 Å². The highest BCUT2D eigenvalue weighted by Gasteiger charge is 2.17. The lowest BCUT2D eigenvalue weighted by Crippen LogP contribution is -2.18. The zero-order chi connectivity index (χ0) is 23.9. The Morgan fingerprint density at radius 1 is 0.806 bits per heavy atom. The largest absolute Gasteiger partial charge is 0.335 e. The predicted molar refractivity (Wildman–Crippen MR) is 140 cm³/mol. The number of fused-ring (bicyclic) bond motifs is 2. The van der Waals surface area contributed by atoms with E-state index in [4.69, 9.17) is 4.98 Å². The lowest BCUT2D eigenvalue weighted by atomic mass is 10.0. The van der Waals surface area contributed by atoms with Gasteiger partial charge in [-0.25, -0.2) is 4.98 Å². The second-order valence-electron chi connectivity index (χ2n) is 9.31. The number of benzene rings is 1. The number of nitrogens with one attached hydrogen (secondary N) is 2. The van der Waals surface area contributed by atoms with Gasteiger partial charge in [-0.3, -0.25) is 25.0 Å². The Kier molecular flexibility index (Phi) is 5.03. The molecule has 0 unspecified atom stereocenters. The Hall–Kier alpha value is -4.43. The molecule has 0 saturated carbocycles. The number of hydrogen-bond acceptors (Lipinski definition) is 6. The molecule has 1 fully saturated rings. The van der Waals surface area contributed by atoms with Gasteiger partial charge in [-0.05, 0) is 61.3 Å². The van der Waals surface area contributed by atoms with Crippen molar-refractivity contribution >= 4 is 21.9 Å². The zero-order valence-electron chi connectivity index (χ0n) is 19.6. The molecule has 36 heavy (non-hydrogen) atoms. The smallest absolute Gasteiger partial charge is 0.159 e. The summed E-state index contributed by atoms with van der Waals surface area (Å²) < 4.78 is 0. The highest BCUT2D eigenvalue weighted by Crippen LogP contribution is 2.32. The summed E-state index contributed by atoms with van der Waals surface area (Å²) in [6.45, 7) is 3.29. The molecule has 6 aromatic rings. The molecule has 176 valence electrons. The third kappa shape index (κ3) is 3.72. The number of imidazole rings is 1. The fourth-order valence-corrected chi connectivity index (χ4v) is 5.08. The van der Waals surface area contributed by atoms with E-state index in [1.54, 1.807) is 12.4 Å². The van der Waals surface area contributed by atoms with E-state index in [9.17, 15) is 0 Å². The minimum Gasteiger partial charge on any atom is -0.335 e. The maximum atomic E-state index is 4.93. The second-order valence-corrected chi connectivity index (χ2v) is 9.31. The summed E-state index contributed by atoms with van der Waals surface area (Å²) >= 11 is 0. The van der Waals surface area contributed by atoms with Crippen LogP contribution in [0.5, 0.6) is 0 Å². The lowest BCUT2D eigenvalue weighted by Gasteiger charge is -2.14. The first-order valence-corrected chi connectivity index (χ1v) is 12.2. The van der Waals surface area contributed by atoms with Gasteiger partial charge in [-0.15, -0.1) is 0 Å². The molecule has 1 saturated heterocycles. The average molecular weight is 473 g/mol. The number of hydrogen-bond donors (Lipinski definition) is 2. The first kappa shape index (κ1) is 20.9. The molecular formula is C28H24N8. The van der Waals surface area contributed by atoms with E-state index in [1.165, 1.54) is 31.5 Å². The molecule has 7 rings (SSSR count). The third-order valence-electron chi connectivity index (χ3n) is 6.89. The van der Waals surface area contributed by atoms with E-state index in [-0.39, 0.29) is 0 Å². The highest BCUT2D eigenvalue weighted by molar-refractivity contribution is 5.97. The van der Waals surface area contributed by atoms with E-state index in [0.717, 1.165) is 56.4 Å². The maximum Gasteiger partial charge on any atom is 0.159 e. The van der Waals surface area contributed by atoms with Gasteiger partial charge < -0.3 is 4.98 Å². The van der Waals surface area contributed by atoms with Crippen LogP contribution in [0.1, 0.15) is 18.4 Å². The van der Waals surface area contributed by atoms with E-state index in [1.807, 2.05) is 36.9 Å². The van der Waals surface area contributed by atoms with Crippen molar-refractivity contribution in [2.75, 3.05) is 13.1 Å². The maximum absolute atomic E-state index is 4.93. The quantitative estimate of drug-likeness (QED) is 0.357. The molecule has 0 radical (unpaired) electrons. The zero-order valence-corrected chi connectivity index (χ0v) is 19.6. The van der Waals surface area contributed by atoms with Gasteiger partial charge in [0.2, 0.25) is 0 Å². The molecule has 0 spiro atoms. The van der Waals surface area contributed by atoms with Crippen molar-refractivity contribution in [3.63, 3.8) is 0 Å². The first-order chi connectivity index (χ1) is 17.8. The van der Waals surface area contributed by atoms with Crippen LogP contribution in [0.4, 0.5) is 0 Å². The van der Waals surface area contributed by atoms with Crippen LogP contribution < -0.4 is 0 Å². The van der Waals surface area contributed by atoms with Gasteiger partial charge in [-0.2, -0.15) is 5.10 Å². The number of likely N-dealkylation sites (tertiary alicyclic amines) is 1. The highest BCUT2D eigenvalue weighted by atomic mass is 15.1. The van der Waals surface area contributed by atoms with Crippen molar-refractivity contribution in [1.29, 1.82) is 0 Å². The normalized spacial score (nSPS) is 14.2. The summed E-state index contributed by atoms with van der Waals surface area (Å²) in [7, 11) is 0. The standard InChI is InChI=1S/C28H24N8/c1-2-9-36(8-1)17-18-10-21(14-30-12-18)19-5-6-24-22(11-19)27(35-34-24)28-32-25-16-31-15-23(26(25)33-28)20-4-3-7-29-13-20/h3-7,10-16H,1-2,8-9,17H2,(H,32,33)(H,34,35). The fourth-order valence-electron chi connectivity index (χ4n) is 5.08. The Balaban J connectivity index is 1.28. The Morgan fingerprint density at radius 2 is 1.69 bits per heavy atom. The second kappa shape index (κ2) is 8.66. The van der Waals surface area contributed by atoms with Gasteiger partial charge in [-0.1, -0.05) is 12.1 Å². The molecule has 0 amide bonds. The first-order valence-electron chi connectivity index (χ1n) is 12.2. The van der Waals surface area contributed by atoms with Crippen molar-refractivity contribution in [1.82, 2.24) is 40.0 Å². The van der Waals surface area contributed by atoms with Gasteiger partial charge in [0.25, 0.3) is 0 Å². The number of H-pyrrole nitrogens is 2. The van der Waals surface area contributed by atoms with Crippen molar-refractivity contribution < 1.29 is 0 Å². The average Bonchev–Trinajstić information content (AvgIpc) is 3.68. The van der Waals surface area contributed by atoms with Crippen LogP contribution >= 0.6 is 0 Å². The minimum absolute atomic E-state index is 0.701. The van der Waals surface area contributed by atoms with Gasteiger partial charge in [0.1, 0.15) is 11.2 Å². The molecule has 1 aromatic carbocycles. The van der Waals surface area contributed by atoms with Crippen LogP contribution in [-0.4, -0.2) is 53.1 Å². The molecule has 2 N–H and O–H groups in total. The number of pyridine rings is 3. The Morgan fingerprint density at radius 3 is 2.58 bits per heavy atom. The Bertz CT molecular complexity index is 1680. The molecule has 6 heterocycles. The van der Waals surface area contributed by atoms with Crippen molar-refractivity contribution in [2.45, 2.75) is 19.4 Å². The van der Waals surface area contributed by atoms with Crippen LogP contribution in [-0.2, 0) is 6.54 Å². The van der Waals surface area contributed by atoms with Crippen LogP contribution in [0.3, 0.4) is 0 Å². The van der Waals surface area contributed by atoms with Gasteiger partial charge in [0.05, 0.1) is 17.2 Å². The molecule has 5 aromatic heterocycles. The SMILES string of the molecule is c1cncc(-c2cncc3[nH]c(-c4n[nH]c5ccc(-c6cncc(CN7CCCC7)c6)cc45)nc23)c1. The van der Waals surface area contributed by atoms with Gasteiger partial charge in [0.15, 0.2) is 5.82 Å². The number of aromatic nitrogens is 7. The van der Waals surface area contributed by atoms with Gasteiger partial charge in [0, 0.05) is 59.6 Å². The molecule has 8 heteroatoms. The van der Waals surface area contributed by atoms with E-state index >= 15 is 0 Å². The number of aromatic amines is 2. The molecule has 0 bridgehead atoms. The monoisotopic (exact) mass is 472 g/mol.